The second-order valence-corrected chi connectivity index (χ2v) is 12.3. The molecule has 8 aromatic carbocycles. The van der Waals surface area contributed by atoms with E-state index in [1.165, 1.54) is 21.9 Å². The highest BCUT2D eigenvalue weighted by atomic mass is 15.0. The molecule has 0 amide bonds. The van der Waals surface area contributed by atoms with Crippen molar-refractivity contribution in [3.8, 4) is 51.2 Å². The molecule has 0 aliphatic rings. The number of hydrogen-bond donors (Lipinski definition) is 0. The Morgan fingerprint density at radius 3 is 1.39 bits per heavy atom. The molecule has 1 heterocycles. The molecule has 3 heteroatoms. The van der Waals surface area contributed by atoms with Gasteiger partial charge in [0.1, 0.15) is 6.07 Å². The van der Waals surface area contributed by atoms with Gasteiger partial charge in [-0.15, -0.1) is 0 Å². The van der Waals surface area contributed by atoms with Crippen molar-refractivity contribution in [3.05, 3.63) is 175 Å². The van der Waals surface area contributed by atoms with Gasteiger partial charge < -0.3 is 4.57 Å². The van der Waals surface area contributed by atoms with Crippen LogP contribution in [0, 0.1) is 22.7 Å². The summed E-state index contributed by atoms with van der Waals surface area (Å²) < 4.78 is 2.17. The zero-order valence-corrected chi connectivity index (χ0v) is 26.4. The summed E-state index contributed by atoms with van der Waals surface area (Å²) in [7, 11) is 0. The third-order valence-corrected chi connectivity index (χ3v) is 9.67. The lowest BCUT2D eigenvalue weighted by Gasteiger charge is -2.18. The number of benzene rings is 8. The number of hydrogen-bond acceptors (Lipinski definition) is 2. The third kappa shape index (κ3) is 4.42. The van der Waals surface area contributed by atoms with E-state index in [1.807, 2.05) is 54.6 Å². The molecule has 0 aliphatic heterocycles. The first-order valence-electron chi connectivity index (χ1n) is 16.3. The molecule has 49 heavy (non-hydrogen) atoms. The van der Waals surface area contributed by atoms with Gasteiger partial charge in [-0.25, -0.2) is 0 Å². The number of rotatable bonds is 4. The minimum absolute atomic E-state index is 0.571. The summed E-state index contributed by atoms with van der Waals surface area (Å²) >= 11 is 0. The van der Waals surface area contributed by atoms with Crippen molar-refractivity contribution in [3.63, 3.8) is 0 Å². The first-order chi connectivity index (χ1) is 24.2. The van der Waals surface area contributed by atoms with Gasteiger partial charge in [-0.05, 0) is 85.3 Å². The van der Waals surface area contributed by atoms with Crippen molar-refractivity contribution < 1.29 is 0 Å². The largest absolute Gasteiger partial charge is 0.308 e. The van der Waals surface area contributed by atoms with E-state index in [9.17, 15) is 10.5 Å². The molecule has 0 N–H and O–H groups in total. The van der Waals surface area contributed by atoms with Crippen LogP contribution in [-0.2, 0) is 0 Å². The maximum absolute atomic E-state index is 10.6. The van der Waals surface area contributed by atoms with Gasteiger partial charge in [0.25, 0.3) is 0 Å². The van der Waals surface area contributed by atoms with Crippen LogP contribution in [0.25, 0.3) is 82.4 Å². The van der Waals surface area contributed by atoms with E-state index in [0.29, 0.717) is 11.1 Å². The Hall–Kier alpha value is -6.94. The molecule has 1 aromatic heterocycles. The summed E-state index contributed by atoms with van der Waals surface area (Å²) in [5.74, 6) is 0. The molecule has 9 rings (SSSR count). The number of nitriles is 2. The summed E-state index contributed by atoms with van der Waals surface area (Å²) in [5.41, 5.74) is 10.2. The zero-order chi connectivity index (χ0) is 32.9. The molecule has 0 saturated heterocycles. The lowest BCUT2D eigenvalue weighted by atomic mass is 9.85. The molecule has 0 fully saturated rings. The normalized spacial score (nSPS) is 11.2. The second kappa shape index (κ2) is 11.4. The van der Waals surface area contributed by atoms with Gasteiger partial charge in [0.15, 0.2) is 0 Å². The molecule has 0 bridgehead atoms. The molecule has 226 valence electrons. The molecular weight excluding hydrogens is 595 g/mol. The zero-order valence-electron chi connectivity index (χ0n) is 26.4. The Kier molecular flexibility index (Phi) is 6.58. The van der Waals surface area contributed by atoms with Gasteiger partial charge in [-0.3, -0.25) is 0 Å². The van der Waals surface area contributed by atoms with Gasteiger partial charge >= 0.3 is 0 Å². The Balaban J connectivity index is 1.26. The van der Waals surface area contributed by atoms with Crippen molar-refractivity contribution in [1.29, 1.82) is 10.5 Å². The fraction of sp³-hybridized carbons (Fsp3) is 0. The van der Waals surface area contributed by atoms with Crippen LogP contribution in [0.3, 0.4) is 0 Å². The highest BCUT2D eigenvalue weighted by Crippen LogP contribution is 2.44. The maximum atomic E-state index is 10.6. The SMILES string of the molecule is N#Cc1cc(-c2c3ccccc3c(-c3ccccc3)c3ccccc23)ccc1-c1ccc(C#N)c(-n2c3ccccc3c3ccccc32)c1. The van der Waals surface area contributed by atoms with E-state index in [-0.39, 0.29) is 0 Å². The summed E-state index contributed by atoms with van der Waals surface area (Å²) in [5, 5.41) is 27.7. The molecule has 0 spiro atoms. The lowest BCUT2D eigenvalue weighted by molar-refractivity contribution is 1.17. The Bertz CT molecular complexity index is 2740. The first-order valence-corrected chi connectivity index (χ1v) is 16.3. The van der Waals surface area contributed by atoms with Crippen molar-refractivity contribution in [2.75, 3.05) is 0 Å². The summed E-state index contributed by atoms with van der Waals surface area (Å²) in [6.07, 6.45) is 0. The van der Waals surface area contributed by atoms with E-state index in [0.717, 1.165) is 60.5 Å². The smallest absolute Gasteiger partial charge is 0.101 e. The number of para-hydroxylation sites is 2. The summed E-state index contributed by atoms with van der Waals surface area (Å²) in [6, 6.07) is 61.2. The van der Waals surface area contributed by atoms with Crippen LogP contribution in [0.15, 0.2) is 164 Å². The molecule has 9 aromatic rings. The van der Waals surface area contributed by atoms with Crippen molar-refractivity contribution in [2.45, 2.75) is 0 Å². The predicted octanol–water partition coefficient (Wildman–Crippen LogP) is 11.8. The minimum atomic E-state index is 0.571. The monoisotopic (exact) mass is 621 g/mol. The number of nitrogens with zero attached hydrogens (tertiary/aromatic N) is 3. The van der Waals surface area contributed by atoms with Crippen LogP contribution < -0.4 is 0 Å². The van der Waals surface area contributed by atoms with E-state index >= 15 is 0 Å². The van der Waals surface area contributed by atoms with E-state index in [4.69, 9.17) is 0 Å². The summed E-state index contributed by atoms with van der Waals surface area (Å²) in [6.45, 7) is 0. The minimum Gasteiger partial charge on any atom is -0.308 e. The van der Waals surface area contributed by atoms with Gasteiger partial charge in [-0.2, -0.15) is 10.5 Å². The van der Waals surface area contributed by atoms with Crippen molar-refractivity contribution in [1.82, 2.24) is 4.57 Å². The topological polar surface area (TPSA) is 52.5 Å². The highest BCUT2D eigenvalue weighted by Gasteiger charge is 2.19. The average molecular weight is 622 g/mol. The Morgan fingerprint density at radius 1 is 0.367 bits per heavy atom. The van der Waals surface area contributed by atoms with E-state index in [1.54, 1.807) is 0 Å². The molecule has 3 nitrogen and oxygen atoms in total. The average Bonchev–Trinajstić information content (AvgIpc) is 3.51. The third-order valence-electron chi connectivity index (χ3n) is 9.67. The van der Waals surface area contributed by atoms with Crippen LogP contribution >= 0.6 is 0 Å². The summed E-state index contributed by atoms with van der Waals surface area (Å²) in [4.78, 5) is 0. The molecule has 0 atom stereocenters. The highest BCUT2D eigenvalue weighted by molar-refractivity contribution is 6.21. The Labute approximate surface area is 283 Å². The number of fused-ring (bicyclic) bond motifs is 5. The van der Waals surface area contributed by atoms with Crippen molar-refractivity contribution in [2.24, 2.45) is 0 Å². The maximum Gasteiger partial charge on any atom is 0.101 e. The fourth-order valence-electron chi connectivity index (χ4n) is 7.56. The van der Waals surface area contributed by atoms with E-state index < -0.39 is 0 Å². The van der Waals surface area contributed by atoms with Crippen LogP contribution in [0.2, 0.25) is 0 Å². The van der Waals surface area contributed by atoms with Gasteiger partial charge in [0.05, 0.1) is 33.9 Å². The van der Waals surface area contributed by atoms with Gasteiger partial charge in [0, 0.05) is 10.8 Å². The molecule has 0 radical (unpaired) electrons. The standard InChI is InChI=1S/C46H27N3/c47-28-33-23-22-31(27-44(33)49-42-20-10-8-14-36(42)37-15-9-11-21-43(37)49)35-25-24-32(26-34(35)29-48)46-40-18-6-4-16-38(40)45(30-12-2-1-3-13-30)39-17-5-7-19-41(39)46/h1-27H. The lowest BCUT2D eigenvalue weighted by Crippen LogP contribution is -1.99. The van der Waals surface area contributed by atoms with Crippen LogP contribution in [-0.4, -0.2) is 4.57 Å². The Morgan fingerprint density at radius 2 is 0.837 bits per heavy atom. The quantitative estimate of drug-likeness (QED) is 0.184. The fourth-order valence-corrected chi connectivity index (χ4v) is 7.56. The molecule has 0 saturated carbocycles. The predicted molar refractivity (Wildman–Crippen MR) is 202 cm³/mol. The second-order valence-electron chi connectivity index (χ2n) is 12.3. The first kappa shape index (κ1) is 28.3. The van der Waals surface area contributed by atoms with E-state index in [2.05, 4.69) is 126 Å². The van der Waals surface area contributed by atoms with Crippen LogP contribution in [0.1, 0.15) is 11.1 Å². The van der Waals surface area contributed by atoms with Crippen molar-refractivity contribution >= 4 is 43.4 Å². The molecular formula is C46H27N3. The van der Waals surface area contributed by atoms with Gasteiger partial charge in [-0.1, -0.05) is 133 Å². The number of aromatic nitrogens is 1. The van der Waals surface area contributed by atoms with Gasteiger partial charge in [0.2, 0.25) is 0 Å². The van der Waals surface area contributed by atoms with Crippen LogP contribution in [0.4, 0.5) is 0 Å². The molecule has 0 unspecified atom stereocenters. The van der Waals surface area contributed by atoms with Crippen LogP contribution in [0.5, 0.6) is 0 Å². The molecule has 0 aliphatic carbocycles.